The Morgan fingerprint density at radius 1 is 1.05 bits per heavy atom. The largest absolute Gasteiger partial charge is 0.379 e. The Morgan fingerprint density at radius 3 is 2.50 bits per heavy atom. The molecule has 0 aliphatic carbocycles. The van der Waals surface area contributed by atoms with Crippen LogP contribution >= 0.6 is 0 Å². The molecule has 0 radical (unpaired) electrons. The zero-order valence-electron chi connectivity index (χ0n) is 14.2. The molecular weight excluding hydrogens is 278 g/mol. The lowest BCUT2D eigenvalue weighted by Crippen LogP contribution is -2.49. The Morgan fingerprint density at radius 2 is 1.77 bits per heavy atom. The SMILES string of the molecule is CC(C(=O)NCCCCCN1CCCCC1)N1CCOCC1. The van der Waals surface area contributed by atoms with Crippen molar-refractivity contribution in [3.63, 3.8) is 0 Å². The first-order valence-corrected chi connectivity index (χ1v) is 9.09. The number of amides is 1. The van der Waals surface area contributed by atoms with Crippen LogP contribution in [0.5, 0.6) is 0 Å². The fraction of sp³-hybridized carbons (Fsp3) is 0.941. The molecule has 0 aromatic carbocycles. The maximum absolute atomic E-state index is 12.1. The van der Waals surface area contributed by atoms with Gasteiger partial charge in [-0.2, -0.15) is 0 Å². The van der Waals surface area contributed by atoms with Crippen LogP contribution in [-0.4, -0.2) is 74.2 Å². The van der Waals surface area contributed by atoms with Crippen molar-refractivity contribution in [3.05, 3.63) is 0 Å². The minimum Gasteiger partial charge on any atom is -0.379 e. The summed E-state index contributed by atoms with van der Waals surface area (Å²) in [5.41, 5.74) is 0. The first-order chi connectivity index (χ1) is 10.8. The molecule has 2 aliphatic rings. The zero-order valence-corrected chi connectivity index (χ0v) is 14.2. The number of morpholine rings is 1. The van der Waals surface area contributed by atoms with E-state index in [1.54, 1.807) is 0 Å². The standard InChI is InChI=1S/C17H33N3O2/c1-16(20-12-14-22-15-13-20)17(21)18-8-4-2-5-9-19-10-6-3-7-11-19/h16H,2-15H2,1H3,(H,18,21). The summed E-state index contributed by atoms with van der Waals surface area (Å²) < 4.78 is 5.33. The van der Waals surface area contributed by atoms with Crippen LogP contribution < -0.4 is 5.32 Å². The third-order valence-electron chi connectivity index (χ3n) is 4.87. The van der Waals surface area contributed by atoms with Crippen molar-refractivity contribution < 1.29 is 9.53 Å². The van der Waals surface area contributed by atoms with Crippen molar-refractivity contribution in [1.82, 2.24) is 15.1 Å². The van der Waals surface area contributed by atoms with Crippen LogP contribution in [0.4, 0.5) is 0 Å². The monoisotopic (exact) mass is 311 g/mol. The lowest BCUT2D eigenvalue weighted by molar-refractivity contribution is -0.127. The summed E-state index contributed by atoms with van der Waals surface area (Å²) in [5.74, 6) is 0.165. The highest BCUT2D eigenvalue weighted by Gasteiger charge is 2.22. The third kappa shape index (κ3) is 6.23. The highest BCUT2D eigenvalue weighted by Crippen LogP contribution is 2.10. The highest BCUT2D eigenvalue weighted by atomic mass is 16.5. The molecule has 2 aliphatic heterocycles. The summed E-state index contributed by atoms with van der Waals surface area (Å²) in [7, 11) is 0. The fourth-order valence-corrected chi connectivity index (χ4v) is 3.31. The van der Waals surface area contributed by atoms with Crippen molar-refractivity contribution in [1.29, 1.82) is 0 Å². The van der Waals surface area contributed by atoms with Gasteiger partial charge in [-0.1, -0.05) is 12.8 Å². The van der Waals surface area contributed by atoms with Crippen LogP contribution in [0.1, 0.15) is 45.4 Å². The number of hydrogen-bond donors (Lipinski definition) is 1. The van der Waals surface area contributed by atoms with Crippen LogP contribution in [0.25, 0.3) is 0 Å². The van der Waals surface area contributed by atoms with Crippen molar-refractivity contribution in [3.8, 4) is 0 Å². The van der Waals surface area contributed by atoms with E-state index in [1.165, 1.54) is 51.7 Å². The van der Waals surface area contributed by atoms with Gasteiger partial charge in [0.25, 0.3) is 0 Å². The first kappa shape index (κ1) is 17.7. The molecule has 128 valence electrons. The molecule has 0 spiro atoms. The summed E-state index contributed by atoms with van der Waals surface area (Å²) in [6.07, 6.45) is 7.71. The van der Waals surface area contributed by atoms with Gasteiger partial charge < -0.3 is 15.0 Å². The maximum Gasteiger partial charge on any atom is 0.237 e. The van der Waals surface area contributed by atoms with Gasteiger partial charge in [0.05, 0.1) is 19.3 Å². The van der Waals surface area contributed by atoms with Gasteiger partial charge in [0.15, 0.2) is 0 Å². The Hall–Kier alpha value is -0.650. The normalized spacial score (nSPS) is 22.4. The number of likely N-dealkylation sites (tertiary alicyclic amines) is 1. The minimum atomic E-state index is -0.0303. The Labute approximate surface area is 135 Å². The average Bonchev–Trinajstić information content (AvgIpc) is 2.58. The molecular formula is C17H33N3O2. The lowest BCUT2D eigenvalue weighted by atomic mass is 10.1. The number of ether oxygens (including phenoxy) is 1. The van der Waals surface area contributed by atoms with Crippen LogP contribution in [-0.2, 0) is 9.53 Å². The molecule has 5 heteroatoms. The van der Waals surface area contributed by atoms with Gasteiger partial charge >= 0.3 is 0 Å². The van der Waals surface area contributed by atoms with E-state index in [-0.39, 0.29) is 11.9 Å². The maximum atomic E-state index is 12.1. The predicted octanol–water partition coefficient (Wildman–Crippen LogP) is 1.48. The molecule has 2 rings (SSSR count). The van der Waals surface area contributed by atoms with E-state index in [2.05, 4.69) is 15.1 Å². The number of carbonyl (C=O) groups is 1. The summed E-state index contributed by atoms with van der Waals surface area (Å²) in [6, 6.07) is -0.0303. The number of unbranched alkanes of at least 4 members (excludes halogenated alkanes) is 2. The molecule has 1 unspecified atom stereocenters. The van der Waals surface area contributed by atoms with Crippen molar-refractivity contribution in [2.75, 3.05) is 52.5 Å². The van der Waals surface area contributed by atoms with Crippen LogP contribution in [0.2, 0.25) is 0 Å². The van der Waals surface area contributed by atoms with E-state index in [4.69, 9.17) is 4.74 Å². The second-order valence-electron chi connectivity index (χ2n) is 6.58. The second-order valence-corrected chi connectivity index (χ2v) is 6.58. The molecule has 1 atom stereocenters. The van der Waals surface area contributed by atoms with Crippen molar-refractivity contribution in [2.45, 2.75) is 51.5 Å². The molecule has 5 nitrogen and oxygen atoms in total. The van der Waals surface area contributed by atoms with Gasteiger partial charge in [0, 0.05) is 19.6 Å². The molecule has 1 amide bonds. The predicted molar refractivity (Wildman–Crippen MR) is 89.0 cm³/mol. The Bertz CT molecular complexity index is 313. The summed E-state index contributed by atoms with van der Waals surface area (Å²) >= 11 is 0. The van der Waals surface area contributed by atoms with E-state index in [0.717, 1.165) is 39.3 Å². The summed E-state index contributed by atoms with van der Waals surface area (Å²) in [5, 5.41) is 3.08. The van der Waals surface area contributed by atoms with Crippen LogP contribution in [0.3, 0.4) is 0 Å². The first-order valence-electron chi connectivity index (χ1n) is 9.09. The summed E-state index contributed by atoms with van der Waals surface area (Å²) in [6.45, 7) is 9.83. The molecule has 1 N–H and O–H groups in total. The number of rotatable bonds is 8. The van der Waals surface area contributed by atoms with Gasteiger partial charge in [-0.3, -0.25) is 9.69 Å². The number of nitrogens with one attached hydrogen (secondary N) is 1. The molecule has 0 bridgehead atoms. The van der Waals surface area contributed by atoms with Crippen molar-refractivity contribution >= 4 is 5.91 Å². The molecule has 0 saturated carbocycles. The smallest absolute Gasteiger partial charge is 0.237 e. The zero-order chi connectivity index (χ0) is 15.6. The highest BCUT2D eigenvalue weighted by molar-refractivity contribution is 5.81. The summed E-state index contributed by atoms with van der Waals surface area (Å²) in [4.78, 5) is 16.9. The molecule has 22 heavy (non-hydrogen) atoms. The second kappa shape index (κ2) is 10.2. The quantitative estimate of drug-likeness (QED) is 0.690. The van der Waals surface area contributed by atoms with E-state index in [1.807, 2.05) is 6.92 Å². The van der Waals surface area contributed by atoms with Gasteiger partial charge in [0.2, 0.25) is 5.91 Å². The fourth-order valence-electron chi connectivity index (χ4n) is 3.31. The number of nitrogens with zero attached hydrogens (tertiary/aromatic N) is 2. The van der Waals surface area contributed by atoms with Crippen molar-refractivity contribution in [2.24, 2.45) is 0 Å². The molecule has 2 saturated heterocycles. The molecule has 2 heterocycles. The minimum absolute atomic E-state index is 0.0303. The van der Waals surface area contributed by atoms with E-state index >= 15 is 0 Å². The van der Waals surface area contributed by atoms with Gasteiger partial charge in [-0.05, 0) is 52.2 Å². The van der Waals surface area contributed by atoms with E-state index < -0.39 is 0 Å². The number of hydrogen-bond acceptors (Lipinski definition) is 4. The van der Waals surface area contributed by atoms with Gasteiger partial charge in [-0.25, -0.2) is 0 Å². The molecule has 0 aromatic heterocycles. The Kier molecular flexibility index (Phi) is 8.20. The van der Waals surface area contributed by atoms with E-state index in [9.17, 15) is 4.79 Å². The van der Waals surface area contributed by atoms with Gasteiger partial charge in [0.1, 0.15) is 0 Å². The Balaban J connectivity index is 1.47. The number of piperidine rings is 1. The topological polar surface area (TPSA) is 44.8 Å². The van der Waals surface area contributed by atoms with E-state index in [0.29, 0.717) is 0 Å². The van der Waals surface area contributed by atoms with Gasteiger partial charge in [-0.15, -0.1) is 0 Å². The average molecular weight is 311 g/mol. The molecule has 0 aromatic rings. The molecule has 2 fully saturated rings. The lowest BCUT2D eigenvalue weighted by Gasteiger charge is -2.31. The van der Waals surface area contributed by atoms with Crippen LogP contribution in [0.15, 0.2) is 0 Å². The van der Waals surface area contributed by atoms with Crippen LogP contribution in [0, 0.1) is 0 Å². The number of carbonyl (C=O) groups excluding carboxylic acids is 1. The third-order valence-corrected chi connectivity index (χ3v) is 4.87.